The number of thiophene rings is 1. The van der Waals surface area contributed by atoms with Crippen molar-refractivity contribution in [2.45, 2.75) is 25.8 Å². The number of methoxy groups -OCH3 is 1. The summed E-state index contributed by atoms with van der Waals surface area (Å²) in [6.07, 6.45) is 0.452. The summed E-state index contributed by atoms with van der Waals surface area (Å²) in [5, 5.41) is 12.8. The van der Waals surface area contributed by atoms with Gasteiger partial charge in [0.25, 0.3) is 5.91 Å². The Morgan fingerprint density at radius 2 is 1.81 bits per heavy atom. The highest BCUT2D eigenvalue weighted by Crippen LogP contribution is 2.37. The number of carbonyl (C=O) groups excluding carboxylic acids is 4. The maximum Gasteiger partial charge on any atom is 0.409 e. The molecule has 0 atom stereocenters. The molecule has 3 heterocycles. The van der Waals surface area contributed by atoms with E-state index in [2.05, 4.69) is 11.4 Å². The van der Waals surface area contributed by atoms with Gasteiger partial charge in [-0.3, -0.25) is 19.3 Å². The molecule has 0 radical (unpaired) electrons. The zero-order chi connectivity index (χ0) is 22.1. The number of fused-ring (bicyclic) bond motifs is 1. The summed E-state index contributed by atoms with van der Waals surface area (Å²) in [4.78, 5) is 51.7. The van der Waals surface area contributed by atoms with E-state index in [-0.39, 0.29) is 24.7 Å². The van der Waals surface area contributed by atoms with E-state index in [1.807, 2.05) is 0 Å². The molecular formula is C21H18N4O5S. The second-order valence-corrected chi connectivity index (χ2v) is 8.19. The lowest BCUT2D eigenvalue weighted by Crippen LogP contribution is -2.35. The topological polar surface area (TPSA) is 120 Å². The monoisotopic (exact) mass is 438 g/mol. The fraction of sp³-hybridized carbons (Fsp3) is 0.286. The van der Waals surface area contributed by atoms with E-state index in [0.717, 1.165) is 15.3 Å². The van der Waals surface area contributed by atoms with Gasteiger partial charge in [0.05, 0.1) is 24.9 Å². The molecule has 2 aliphatic rings. The molecule has 0 unspecified atom stereocenters. The van der Waals surface area contributed by atoms with Crippen molar-refractivity contribution in [3.05, 3.63) is 45.8 Å². The zero-order valence-electron chi connectivity index (χ0n) is 16.6. The summed E-state index contributed by atoms with van der Waals surface area (Å²) in [5.74, 6) is -0.928. The Morgan fingerprint density at radius 3 is 2.42 bits per heavy atom. The number of imide groups is 1. The number of amides is 4. The van der Waals surface area contributed by atoms with E-state index in [0.29, 0.717) is 41.3 Å². The highest BCUT2D eigenvalue weighted by Gasteiger charge is 2.31. The molecule has 1 aromatic heterocycles. The summed E-state index contributed by atoms with van der Waals surface area (Å²) in [6, 6.07) is 8.31. The normalized spacial score (nSPS) is 15.5. The van der Waals surface area contributed by atoms with Crippen LogP contribution < -0.4 is 10.2 Å². The minimum Gasteiger partial charge on any atom is -0.453 e. The summed E-state index contributed by atoms with van der Waals surface area (Å²) < 4.78 is 4.76. The Bertz CT molecular complexity index is 1120. The van der Waals surface area contributed by atoms with Gasteiger partial charge in [0, 0.05) is 29.8 Å². The molecule has 0 spiro atoms. The third-order valence-electron chi connectivity index (χ3n) is 5.27. The van der Waals surface area contributed by atoms with Gasteiger partial charge >= 0.3 is 6.09 Å². The quantitative estimate of drug-likeness (QED) is 0.736. The number of rotatable bonds is 3. The van der Waals surface area contributed by atoms with Crippen LogP contribution in [0.15, 0.2) is 24.3 Å². The number of carbonyl (C=O) groups is 4. The maximum atomic E-state index is 12.7. The van der Waals surface area contributed by atoms with E-state index < -0.39 is 12.0 Å². The minimum atomic E-state index is -0.432. The Labute approximate surface area is 181 Å². The average molecular weight is 438 g/mol. The molecule has 31 heavy (non-hydrogen) atoms. The lowest BCUT2D eigenvalue weighted by Gasteiger charge is -2.25. The van der Waals surface area contributed by atoms with Crippen LogP contribution in [0, 0.1) is 11.3 Å². The Balaban J connectivity index is 1.52. The number of nitriles is 1. The van der Waals surface area contributed by atoms with E-state index >= 15 is 0 Å². The van der Waals surface area contributed by atoms with Crippen molar-refractivity contribution in [2.24, 2.45) is 0 Å². The van der Waals surface area contributed by atoms with Gasteiger partial charge < -0.3 is 15.0 Å². The number of anilines is 2. The Hall–Kier alpha value is -3.71. The van der Waals surface area contributed by atoms with Crippen molar-refractivity contribution in [1.29, 1.82) is 5.26 Å². The summed E-state index contributed by atoms with van der Waals surface area (Å²) in [6.45, 7) is 0.762. The smallest absolute Gasteiger partial charge is 0.409 e. The molecule has 1 saturated heterocycles. The number of nitrogens with one attached hydrogen (secondary N) is 1. The molecule has 0 bridgehead atoms. The van der Waals surface area contributed by atoms with Crippen LogP contribution in [0.5, 0.6) is 0 Å². The molecule has 2 aliphatic heterocycles. The first-order valence-corrected chi connectivity index (χ1v) is 10.4. The highest BCUT2D eigenvalue weighted by molar-refractivity contribution is 7.16. The number of nitrogens with zero attached hydrogens (tertiary/aromatic N) is 3. The van der Waals surface area contributed by atoms with Crippen molar-refractivity contribution in [2.75, 3.05) is 23.9 Å². The molecule has 1 fully saturated rings. The van der Waals surface area contributed by atoms with E-state index in [1.165, 1.54) is 30.6 Å². The van der Waals surface area contributed by atoms with E-state index in [4.69, 9.17) is 4.74 Å². The van der Waals surface area contributed by atoms with Crippen molar-refractivity contribution < 1.29 is 23.9 Å². The Morgan fingerprint density at radius 1 is 1.13 bits per heavy atom. The van der Waals surface area contributed by atoms with Crippen LogP contribution in [0.25, 0.3) is 0 Å². The number of hydrogen-bond acceptors (Lipinski definition) is 7. The van der Waals surface area contributed by atoms with Crippen molar-refractivity contribution in [1.82, 2.24) is 4.90 Å². The second kappa shape index (κ2) is 8.20. The van der Waals surface area contributed by atoms with Gasteiger partial charge in [0.15, 0.2) is 0 Å². The van der Waals surface area contributed by atoms with Crippen LogP contribution in [0.3, 0.4) is 0 Å². The SMILES string of the molecule is COC(=O)N1CCc2c(sc(NC(=O)c3ccc(N4C(=O)CCC4=O)cc3)c2C#N)C1. The van der Waals surface area contributed by atoms with Crippen molar-refractivity contribution >= 4 is 45.8 Å². The maximum absolute atomic E-state index is 12.7. The van der Waals surface area contributed by atoms with Gasteiger partial charge in [-0.15, -0.1) is 11.3 Å². The fourth-order valence-electron chi connectivity index (χ4n) is 3.70. The van der Waals surface area contributed by atoms with Crippen LogP contribution in [-0.2, 0) is 27.3 Å². The predicted molar refractivity (Wildman–Crippen MR) is 112 cm³/mol. The molecule has 0 aliphatic carbocycles. The summed E-state index contributed by atoms with van der Waals surface area (Å²) >= 11 is 1.26. The molecule has 1 aromatic carbocycles. The van der Waals surface area contributed by atoms with Gasteiger partial charge in [-0.2, -0.15) is 5.26 Å². The van der Waals surface area contributed by atoms with Gasteiger partial charge in [0.1, 0.15) is 11.1 Å². The first-order chi connectivity index (χ1) is 14.9. The first kappa shape index (κ1) is 20.6. The van der Waals surface area contributed by atoms with Gasteiger partial charge in [-0.25, -0.2) is 4.79 Å². The zero-order valence-corrected chi connectivity index (χ0v) is 17.5. The van der Waals surface area contributed by atoms with Crippen LogP contribution >= 0.6 is 11.3 Å². The standard InChI is InChI=1S/C21H18N4O5S/c1-30-21(29)24-9-8-14-15(10-22)20(31-16(14)11-24)23-19(28)12-2-4-13(5-3-12)25-17(26)6-7-18(25)27/h2-5H,6-9,11H2,1H3,(H,23,28). The number of ether oxygens (including phenoxy) is 1. The number of benzene rings is 1. The van der Waals surface area contributed by atoms with Crippen molar-refractivity contribution in [3.63, 3.8) is 0 Å². The molecule has 4 amide bonds. The van der Waals surface area contributed by atoms with Crippen LogP contribution in [0.2, 0.25) is 0 Å². The van der Waals surface area contributed by atoms with Crippen LogP contribution in [-0.4, -0.2) is 42.4 Å². The van der Waals surface area contributed by atoms with Crippen LogP contribution in [0.1, 0.15) is 39.2 Å². The predicted octanol–water partition coefficient (Wildman–Crippen LogP) is 2.65. The Kier molecular flexibility index (Phi) is 5.44. The highest BCUT2D eigenvalue weighted by atomic mass is 32.1. The summed E-state index contributed by atoms with van der Waals surface area (Å²) in [7, 11) is 1.32. The largest absolute Gasteiger partial charge is 0.453 e. The lowest BCUT2D eigenvalue weighted by atomic mass is 10.0. The first-order valence-electron chi connectivity index (χ1n) is 9.57. The van der Waals surface area contributed by atoms with E-state index in [1.54, 1.807) is 17.0 Å². The lowest BCUT2D eigenvalue weighted by molar-refractivity contribution is -0.121. The molecule has 2 aromatic rings. The second-order valence-electron chi connectivity index (χ2n) is 7.09. The summed E-state index contributed by atoms with van der Waals surface area (Å²) in [5.41, 5.74) is 2.00. The molecule has 10 heteroatoms. The van der Waals surface area contributed by atoms with Crippen LogP contribution in [0.4, 0.5) is 15.5 Å². The minimum absolute atomic E-state index is 0.189. The molecule has 9 nitrogen and oxygen atoms in total. The van der Waals surface area contributed by atoms with Crippen molar-refractivity contribution in [3.8, 4) is 6.07 Å². The average Bonchev–Trinajstić information content (AvgIpc) is 3.30. The van der Waals surface area contributed by atoms with Gasteiger partial charge in [-0.1, -0.05) is 0 Å². The molecular weight excluding hydrogens is 420 g/mol. The molecule has 0 saturated carbocycles. The molecule has 1 N–H and O–H groups in total. The third-order valence-corrected chi connectivity index (χ3v) is 6.40. The van der Waals surface area contributed by atoms with Gasteiger partial charge in [-0.05, 0) is 36.2 Å². The van der Waals surface area contributed by atoms with Gasteiger partial charge in [0.2, 0.25) is 11.8 Å². The molecule has 4 rings (SSSR count). The fourth-order valence-corrected chi connectivity index (χ4v) is 4.91. The third kappa shape index (κ3) is 3.75. The molecule has 158 valence electrons. The number of hydrogen-bond donors (Lipinski definition) is 1. The van der Waals surface area contributed by atoms with E-state index in [9.17, 15) is 24.4 Å².